The molecule has 24 heavy (non-hydrogen) atoms. The Bertz CT molecular complexity index is 1270. The first-order valence-electron chi connectivity index (χ1n) is 8.34. The first-order chi connectivity index (χ1) is 11.9. The zero-order valence-corrected chi connectivity index (χ0v) is 13.0. The van der Waals surface area contributed by atoms with Gasteiger partial charge >= 0.3 is 0 Å². The minimum Gasteiger partial charge on any atom is -0.455 e. The SMILES string of the molecule is c1ccc2c(c1)Cc1c-2ccc2c1oc1c3ccccc3ccc21. The van der Waals surface area contributed by atoms with Gasteiger partial charge in [-0.1, -0.05) is 60.7 Å². The fourth-order valence-corrected chi connectivity index (χ4v) is 4.18. The number of fused-ring (bicyclic) bond motifs is 9. The lowest BCUT2D eigenvalue weighted by Gasteiger charge is -2.00. The molecular weight excluding hydrogens is 292 g/mol. The van der Waals surface area contributed by atoms with E-state index in [9.17, 15) is 0 Å². The predicted molar refractivity (Wildman–Crippen MR) is 99.5 cm³/mol. The quantitative estimate of drug-likeness (QED) is 0.320. The number of furan rings is 1. The molecule has 6 rings (SSSR count). The molecule has 0 saturated carbocycles. The zero-order valence-electron chi connectivity index (χ0n) is 13.0. The van der Waals surface area contributed by atoms with Crippen LogP contribution in [0.4, 0.5) is 0 Å². The summed E-state index contributed by atoms with van der Waals surface area (Å²) in [5, 5.41) is 4.85. The molecule has 112 valence electrons. The largest absolute Gasteiger partial charge is 0.455 e. The van der Waals surface area contributed by atoms with E-state index < -0.39 is 0 Å². The van der Waals surface area contributed by atoms with Gasteiger partial charge in [-0.05, 0) is 34.2 Å². The van der Waals surface area contributed by atoms with Crippen LogP contribution in [0.2, 0.25) is 0 Å². The Balaban J connectivity index is 1.77. The summed E-state index contributed by atoms with van der Waals surface area (Å²) in [6, 6.07) is 26.0. The van der Waals surface area contributed by atoms with Gasteiger partial charge in [-0.2, -0.15) is 0 Å². The molecule has 5 aromatic rings. The Morgan fingerprint density at radius 3 is 2.38 bits per heavy atom. The maximum absolute atomic E-state index is 6.44. The molecule has 0 aliphatic heterocycles. The lowest BCUT2D eigenvalue weighted by molar-refractivity contribution is 0.668. The highest BCUT2D eigenvalue weighted by atomic mass is 16.3. The van der Waals surface area contributed by atoms with Crippen LogP contribution in [0.5, 0.6) is 0 Å². The van der Waals surface area contributed by atoms with Crippen molar-refractivity contribution in [2.45, 2.75) is 6.42 Å². The average molecular weight is 306 g/mol. The average Bonchev–Trinajstić information content (AvgIpc) is 3.20. The molecule has 0 radical (unpaired) electrons. The first-order valence-corrected chi connectivity index (χ1v) is 8.34. The topological polar surface area (TPSA) is 13.1 Å². The molecule has 1 heterocycles. The summed E-state index contributed by atoms with van der Waals surface area (Å²) in [5.41, 5.74) is 7.45. The molecule has 1 aliphatic carbocycles. The molecule has 0 amide bonds. The van der Waals surface area contributed by atoms with Crippen LogP contribution in [0.1, 0.15) is 11.1 Å². The monoisotopic (exact) mass is 306 g/mol. The standard InChI is InChI=1S/C23H14O/c1-4-8-17-14(5-1)9-10-19-20-12-11-18-16-7-3-2-6-15(16)13-21(18)23(20)24-22(17)19/h1-12H,13H2. The zero-order chi connectivity index (χ0) is 15.7. The summed E-state index contributed by atoms with van der Waals surface area (Å²) >= 11 is 0. The van der Waals surface area contributed by atoms with Crippen LogP contribution in [0, 0.1) is 0 Å². The van der Waals surface area contributed by atoms with Crippen molar-refractivity contribution in [3.63, 3.8) is 0 Å². The van der Waals surface area contributed by atoms with Gasteiger partial charge < -0.3 is 4.42 Å². The summed E-state index contributed by atoms with van der Waals surface area (Å²) < 4.78 is 6.44. The first kappa shape index (κ1) is 12.4. The van der Waals surface area contributed by atoms with E-state index >= 15 is 0 Å². The molecule has 0 bridgehead atoms. The number of hydrogen-bond donors (Lipinski definition) is 0. The molecular formula is C23H14O. The summed E-state index contributed by atoms with van der Waals surface area (Å²) in [5.74, 6) is 0. The van der Waals surface area contributed by atoms with Gasteiger partial charge in [0.05, 0.1) is 0 Å². The Morgan fingerprint density at radius 1 is 0.583 bits per heavy atom. The lowest BCUT2D eigenvalue weighted by Crippen LogP contribution is -1.80. The Labute approximate surface area is 139 Å². The van der Waals surface area contributed by atoms with Crippen molar-refractivity contribution < 1.29 is 4.42 Å². The molecule has 1 heteroatoms. The van der Waals surface area contributed by atoms with E-state index in [1.807, 2.05) is 0 Å². The summed E-state index contributed by atoms with van der Waals surface area (Å²) in [6.45, 7) is 0. The molecule has 4 aromatic carbocycles. The number of rotatable bonds is 0. The third-order valence-electron chi connectivity index (χ3n) is 5.31. The van der Waals surface area contributed by atoms with Crippen molar-refractivity contribution in [2.75, 3.05) is 0 Å². The van der Waals surface area contributed by atoms with Crippen LogP contribution in [0.3, 0.4) is 0 Å². The molecule has 0 saturated heterocycles. The van der Waals surface area contributed by atoms with Crippen LogP contribution in [0.15, 0.2) is 77.2 Å². The molecule has 0 N–H and O–H groups in total. The van der Waals surface area contributed by atoms with Crippen LogP contribution < -0.4 is 0 Å². The second kappa shape index (κ2) is 4.27. The Morgan fingerprint density at radius 2 is 1.38 bits per heavy atom. The van der Waals surface area contributed by atoms with Crippen molar-refractivity contribution in [1.29, 1.82) is 0 Å². The minimum absolute atomic E-state index is 0.959. The van der Waals surface area contributed by atoms with Gasteiger partial charge in [0, 0.05) is 28.1 Å². The molecule has 1 aliphatic rings. The van der Waals surface area contributed by atoms with Crippen molar-refractivity contribution in [3.05, 3.63) is 83.9 Å². The highest BCUT2D eigenvalue weighted by Gasteiger charge is 2.23. The van der Waals surface area contributed by atoms with Crippen LogP contribution in [-0.4, -0.2) is 0 Å². The van der Waals surface area contributed by atoms with Gasteiger partial charge in [-0.3, -0.25) is 0 Å². The fraction of sp³-hybridized carbons (Fsp3) is 0.0435. The number of hydrogen-bond acceptors (Lipinski definition) is 1. The van der Waals surface area contributed by atoms with E-state index in [0.29, 0.717) is 0 Å². The molecule has 0 fully saturated rings. The van der Waals surface area contributed by atoms with Gasteiger partial charge in [-0.15, -0.1) is 0 Å². The molecule has 0 spiro atoms. The predicted octanol–water partition coefficient (Wildman–Crippen LogP) is 6.31. The Hall–Kier alpha value is -3.06. The van der Waals surface area contributed by atoms with Crippen molar-refractivity contribution in [3.8, 4) is 11.1 Å². The normalized spacial score (nSPS) is 12.8. The van der Waals surface area contributed by atoms with Crippen LogP contribution in [0.25, 0.3) is 43.8 Å². The number of benzene rings is 4. The second-order valence-electron chi connectivity index (χ2n) is 6.57. The van der Waals surface area contributed by atoms with Crippen molar-refractivity contribution in [1.82, 2.24) is 0 Å². The summed E-state index contributed by atoms with van der Waals surface area (Å²) in [7, 11) is 0. The van der Waals surface area contributed by atoms with E-state index in [4.69, 9.17) is 4.42 Å². The maximum atomic E-state index is 6.44. The van der Waals surface area contributed by atoms with Gasteiger partial charge in [0.25, 0.3) is 0 Å². The van der Waals surface area contributed by atoms with Gasteiger partial charge in [0.2, 0.25) is 0 Å². The maximum Gasteiger partial charge on any atom is 0.143 e. The third kappa shape index (κ3) is 1.45. The molecule has 1 nitrogen and oxygen atoms in total. The van der Waals surface area contributed by atoms with E-state index in [-0.39, 0.29) is 0 Å². The minimum atomic E-state index is 0.959. The highest BCUT2D eigenvalue weighted by molar-refractivity contribution is 6.16. The van der Waals surface area contributed by atoms with E-state index in [0.717, 1.165) is 17.6 Å². The molecule has 0 atom stereocenters. The fourth-order valence-electron chi connectivity index (χ4n) is 4.18. The second-order valence-corrected chi connectivity index (χ2v) is 6.57. The summed E-state index contributed by atoms with van der Waals surface area (Å²) in [6.07, 6.45) is 0.959. The third-order valence-corrected chi connectivity index (χ3v) is 5.31. The molecule has 0 unspecified atom stereocenters. The summed E-state index contributed by atoms with van der Waals surface area (Å²) in [4.78, 5) is 0. The smallest absolute Gasteiger partial charge is 0.143 e. The van der Waals surface area contributed by atoms with Gasteiger partial charge in [-0.25, -0.2) is 0 Å². The molecule has 1 aromatic heterocycles. The van der Waals surface area contributed by atoms with Crippen molar-refractivity contribution >= 4 is 32.7 Å². The van der Waals surface area contributed by atoms with Crippen LogP contribution in [-0.2, 0) is 6.42 Å². The Kier molecular flexibility index (Phi) is 2.20. The van der Waals surface area contributed by atoms with E-state index in [2.05, 4.69) is 72.8 Å². The lowest BCUT2D eigenvalue weighted by atomic mass is 10.0. The van der Waals surface area contributed by atoms with E-state index in [1.165, 1.54) is 43.8 Å². The van der Waals surface area contributed by atoms with Crippen molar-refractivity contribution in [2.24, 2.45) is 0 Å². The van der Waals surface area contributed by atoms with Crippen LogP contribution >= 0.6 is 0 Å². The van der Waals surface area contributed by atoms with Gasteiger partial charge in [0.15, 0.2) is 0 Å². The highest BCUT2D eigenvalue weighted by Crippen LogP contribution is 2.43. The van der Waals surface area contributed by atoms with E-state index in [1.54, 1.807) is 0 Å². The van der Waals surface area contributed by atoms with Gasteiger partial charge in [0.1, 0.15) is 11.2 Å².